The van der Waals surface area contributed by atoms with E-state index in [1.165, 1.54) is 121 Å². The molecule has 0 unspecified atom stereocenters. The van der Waals surface area contributed by atoms with Crippen LogP contribution in [-0.4, -0.2) is 0 Å². The summed E-state index contributed by atoms with van der Waals surface area (Å²) in [5.74, 6) is 0. The van der Waals surface area contributed by atoms with Crippen LogP contribution >= 0.6 is 0 Å². The van der Waals surface area contributed by atoms with Gasteiger partial charge in [-0.05, 0) is 133 Å². The predicted molar refractivity (Wildman–Crippen MR) is 293 cm³/mol. The van der Waals surface area contributed by atoms with Gasteiger partial charge in [-0.25, -0.2) is 0 Å². The van der Waals surface area contributed by atoms with Gasteiger partial charge in [-0.15, -0.1) is 0 Å². The van der Waals surface area contributed by atoms with Crippen LogP contribution in [0.2, 0.25) is 0 Å². The Kier molecular flexibility index (Phi) is 10.7. The van der Waals surface area contributed by atoms with Crippen LogP contribution in [0.25, 0.3) is 121 Å². The van der Waals surface area contributed by atoms with Crippen LogP contribution in [0.5, 0.6) is 0 Å². The predicted octanol–water partition coefficient (Wildman–Crippen LogP) is 19.1. The van der Waals surface area contributed by atoms with E-state index < -0.39 is 0 Å². The number of fused-ring (bicyclic) bond motifs is 5. The maximum absolute atomic E-state index is 2.33. The summed E-state index contributed by atoms with van der Waals surface area (Å²) >= 11 is 0. The maximum atomic E-state index is 2.33. The average molecular weight is 863 g/mol. The van der Waals surface area contributed by atoms with Gasteiger partial charge in [0.1, 0.15) is 0 Å². The summed E-state index contributed by atoms with van der Waals surface area (Å²) in [5.41, 5.74) is 15.1. The third kappa shape index (κ3) is 7.30. The fourth-order valence-corrected chi connectivity index (χ4v) is 10.5. The second-order valence-electron chi connectivity index (χ2n) is 17.4. The van der Waals surface area contributed by atoms with Crippen molar-refractivity contribution in [2.45, 2.75) is 0 Å². The summed E-state index contributed by atoms with van der Waals surface area (Å²) in [6.45, 7) is 0. The highest BCUT2D eigenvalue weighted by atomic mass is 14.3. The lowest BCUT2D eigenvalue weighted by Gasteiger charge is -2.25. The zero-order valence-corrected chi connectivity index (χ0v) is 37.6. The van der Waals surface area contributed by atoms with Crippen molar-refractivity contribution in [3.8, 4) is 66.8 Å². The van der Waals surface area contributed by atoms with E-state index in [2.05, 4.69) is 279 Å². The Hall–Kier alpha value is -8.84. The molecule has 0 atom stereocenters. The van der Waals surface area contributed by atoms with Crippen LogP contribution in [0.15, 0.2) is 279 Å². The van der Waals surface area contributed by atoms with Crippen molar-refractivity contribution in [3.63, 3.8) is 0 Å². The van der Waals surface area contributed by atoms with Crippen molar-refractivity contribution >= 4 is 53.9 Å². The third-order valence-electron chi connectivity index (χ3n) is 13.5. The Morgan fingerprint density at radius 1 is 0.162 bits per heavy atom. The minimum absolute atomic E-state index is 1.23. The van der Waals surface area contributed by atoms with Crippen LogP contribution in [0.3, 0.4) is 0 Å². The first-order chi connectivity index (χ1) is 33.8. The van der Waals surface area contributed by atoms with Crippen LogP contribution < -0.4 is 0 Å². The first kappa shape index (κ1) is 40.7. The molecule has 0 bridgehead atoms. The molecule has 0 aliphatic heterocycles. The standard InChI is InChI=1S/C42H28.C26H18/c1-5-17-29(18-6-1)37-33-25-13-14-26-34(33)39(31-21-9-3-10-22-31)42-40(32-23-11-4-12-24-32)36-28-16-15-27-35(36)38(41(37)42)30-19-7-2-8-20-30;1-3-9-19(10-4-1)24-16-15-23-17-21-13-7-8-14-22(21)18-25(23)26(24)20-11-5-2-6-12-20/h1-28H;1-18H. The largest absolute Gasteiger partial charge is 0.0622 e. The molecular formula is C68H46. The summed E-state index contributed by atoms with van der Waals surface area (Å²) in [4.78, 5) is 0. The molecule has 0 nitrogen and oxygen atoms in total. The summed E-state index contributed by atoms with van der Waals surface area (Å²) in [6.07, 6.45) is 0. The molecule has 0 amide bonds. The Morgan fingerprint density at radius 2 is 0.441 bits per heavy atom. The molecule has 0 saturated carbocycles. The maximum Gasteiger partial charge on any atom is -0.000139 e. The SMILES string of the molecule is c1ccc(-c2c3ccccc3c(-c3ccccc3)c3c(-c4ccccc4)c4ccccc4c(-c4ccccc4)c23)cc1.c1ccc(-c2ccc3cc4ccccc4cc3c2-c2ccccc2)cc1. The second-order valence-corrected chi connectivity index (χ2v) is 17.4. The molecule has 13 rings (SSSR count). The number of hydrogen-bond donors (Lipinski definition) is 0. The van der Waals surface area contributed by atoms with Gasteiger partial charge in [0, 0.05) is 0 Å². The fraction of sp³-hybridized carbons (Fsp3) is 0. The first-order valence-corrected chi connectivity index (χ1v) is 23.5. The molecular weight excluding hydrogens is 817 g/mol. The Bertz CT molecular complexity index is 3580. The zero-order valence-electron chi connectivity index (χ0n) is 37.6. The number of rotatable bonds is 6. The zero-order chi connectivity index (χ0) is 45.2. The molecule has 0 spiro atoms. The summed E-state index contributed by atoms with van der Waals surface area (Å²) in [7, 11) is 0. The van der Waals surface area contributed by atoms with E-state index in [9.17, 15) is 0 Å². The van der Waals surface area contributed by atoms with Gasteiger partial charge in [0.15, 0.2) is 0 Å². The monoisotopic (exact) mass is 862 g/mol. The normalized spacial score (nSPS) is 11.2. The molecule has 13 aromatic rings. The van der Waals surface area contributed by atoms with E-state index in [1.807, 2.05) is 0 Å². The molecule has 0 fully saturated rings. The minimum Gasteiger partial charge on any atom is -0.0622 e. The highest BCUT2D eigenvalue weighted by Gasteiger charge is 2.25. The van der Waals surface area contributed by atoms with E-state index in [0.29, 0.717) is 0 Å². The van der Waals surface area contributed by atoms with Crippen molar-refractivity contribution < 1.29 is 0 Å². The summed E-state index contributed by atoms with van der Waals surface area (Å²) in [5, 5.41) is 12.8. The minimum atomic E-state index is 1.23. The molecule has 0 aromatic heterocycles. The van der Waals surface area contributed by atoms with Crippen molar-refractivity contribution in [1.82, 2.24) is 0 Å². The summed E-state index contributed by atoms with van der Waals surface area (Å²) in [6, 6.07) is 101. The average Bonchev–Trinajstić information content (AvgIpc) is 3.42. The van der Waals surface area contributed by atoms with E-state index >= 15 is 0 Å². The van der Waals surface area contributed by atoms with Crippen LogP contribution in [-0.2, 0) is 0 Å². The van der Waals surface area contributed by atoms with Crippen LogP contribution in [0.1, 0.15) is 0 Å². The van der Waals surface area contributed by atoms with Crippen LogP contribution in [0.4, 0.5) is 0 Å². The van der Waals surface area contributed by atoms with Crippen molar-refractivity contribution in [2.24, 2.45) is 0 Å². The summed E-state index contributed by atoms with van der Waals surface area (Å²) < 4.78 is 0. The fourth-order valence-electron chi connectivity index (χ4n) is 10.5. The second kappa shape index (κ2) is 17.9. The lowest BCUT2D eigenvalue weighted by Crippen LogP contribution is -1.97. The molecule has 0 aliphatic carbocycles. The molecule has 0 heteroatoms. The van der Waals surface area contributed by atoms with Gasteiger partial charge in [-0.3, -0.25) is 0 Å². The number of benzene rings is 13. The third-order valence-corrected chi connectivity index (χ3v) is 13.5. The highest BCUT2D eigenvalue weighted by molar-refractivity contribution is 6.33. The lowest BCUT2D eigenvalue weighted by molar-refractivity contribution is 1.61. The van der Waals surface area contributed by atoms with Gasteiger partial charge < -0.3 is 0 Å². The Morgan fingerprint density at radius 3 is 0.794 bits per heavy atom. The van der Waals surface area contributed by atoms with E-state index in [0.717, 1.165) is 0 Å². The molecule has 0 saturated heterocycles. The molecule has 0 heterocycles. The van der Waals surface area contributed by atoms with Gasteiger partial charge in [0.05, 0.1) is 0 Å². The van der Waals surface area contributed by atoms with Gasteiger partial charge >= 0.3 is 0 Å². The quantitative estimate of drug-likeness (QED) is 0.146. The Labute approximate surface area is 397 Å². The molecule has 13 aromatic carbocycles. The van der Waals surface area contributed by atoms with Gasteiger partial charge in [-0.2, -0.15) is 0 Å². The molecule has 68 heavy (non-hydrogen) atoms. The molecule has 0 aliphatic rings. The van der Waals surface area contributed by atoms with Gasteiger partial charge in [-0.1, -0.05) is 267 Å². The van der Waals surface area contributed by atoms with Crippen molar-refractivity contribution in [3.05, 3.63) is 279 Å². The van der Waals surface area contributed by atoms with Gasteiger partial charge in [0.25, 0.3) is 0 Å². The molecule has 0 N–H and O–H groups in total. The van der Waals surface area contributed by atoms with Crippen molar-refractivity contribution in [2.75, 3.05) is 0 Å². The first-order valence-electron chi connectivity index (χ1n) is 23.5. The smallest absolute Gasteiger partial charge is 0.000139 e. The Balaban J connectivity index is 0.000000158. The van der Waals surface area contributed by atoms with Crippen molar-refractivity contribution in [1.29, 1.82) is 0 Å². The molecule has 0 radical (unpaired) electrons. The topological polar surface area (TPSA) is 0 Å². The van der Waals surface area contributed by atoms with E-state index in [1.54, 1.807) is 0 Å². The van der Waals surface area contributed by atoms with Crippen LogP contribution in [0, 0.1) is 0 Å². The number of hydrogen-bond acceptors (Lipinski definition) is 0. The van der Waals surface area contributed by atoms with E-state index in [4.69, 9.17) is 0 Å². The lowest BCUT2D eigenvalue weighted by atomic mass is 9.77. The highest BCUT2D eigenvalue weighted by Crippen LogP contribution is 2.53. The van der Waals surface area contributed by atoms with Gasteiger partial charge in [0.2, 0.25) is 0 Å². The van der Waals surface area contributed by atoms with E-state index in [-0.39, 0.29) is 0 Å². The molecule has 318 valence electrons.